The van der Waals surface area contributed by atoms with Crippen LogP contribution >= 0.6 is 0 Å². The van der Waals surface area contributed by atoms with Crippen LogP contribution in [0, 0.1) is 5.92 Å². The summed E-state index contributed by atoms with van der Waals surface area (Å²) in [7, 11) is 4.86. The van der Waals surface area contributed by atoms with Crippen molar-refractivity contribution >= 4 is 5.91 Å². The molecule has 0 aliphatic carbocycles. The van der Waals surface area contributed by atoms with Crippen LogP contribution < -0.4 is 19.5 Å². The number of amides is 1. The molecule has 1 aliphatic heterocycles. The molecule has 162 valence electrons. The zero-order chi connectivity index (χ0) is 21.5. The highest BCUT2D eigenvalue weighted by Gasteiger charge is 2.26. The maximum absolute atomic E-state index is 12.7. The van der Waals surface area contributed by atoms with E-state index < -0.39 is 0 Å². The second kappa shape index (κ2) is 10.3. The Labute approximate surface area is 179 Å². The van der Waals surface area contributed by atoms with E-state index in [1.165, 1.54) is 0 Å². The Morgan fingerprint density at radius 1 is 1.03 bits per heavy atom. The van der Waals surface area contributed by atoms with E-state index in [1.807, 2.05) is 49.4 Å². The lowest BCUT2D eigenvalue weighted by Crippen LogP contribution is -2.40. The summed E-state index contributed by atoms with van der Waals surface area (Å²) in [4.78, 5) is 15.1. The van der Waals surface area contributed by atoms with Crippen molar-refractivity contribution in [3.63, 3.8) is 0 Å². The number of nitrogens with one attached hydrogen (secondary N) is 1. The van der Waals surface area contributed by atoms with Crippen molar-refractivity contribution in [2.24, 2.45) is 5.92 Å². The normalized spacial score (nSPS) is 16.0. The predicted octanol–water partition coefficient (Wildman–Crippen LogP) is 3.80. The number of benzene rings is 2. The highest BCUT2D eigenvalue weighted by molar-refractivity contribution is 5.79. The highest BCUT2D eigenvalue weighted by Crippen LogP contribution is 2.38. The molecule has 1 saturated heterocycles. The summed E-state index contributed by atoms with van der Waals surface area (Å²) in [5.41, 5.74) is 2.23. The van der Waals surface area contributed by atoms with Crippen LogP contribution in [0.3, 0.4) is 0 Å². The van der Waals surface area contributed by atoms with E-state index in [0.717, 1.165) is 43.6 Å². The van der Waals surface area contributed by atoms with Gasteiger partial charge in [-0.05, 0) is 56.1 Å². The summed E-state index contributed by atoms with van der Waals surface area (Å²) < 4.78 is 16.3. The third-order valence-electron chi connectivity index (χ3n) is 5.75. The van der Waals surface area contributed by atoms with E-state index in [9.17, 15) is 4.79 Å². The topological polar surface area (TPSA) is 60.0 Å². The van der Waals surface area contributed by atoms with Crippen LogP contribution in [0.15, 0.2) is 42.5 Å². The number of nitrogens with zero attached hydrogens (tertiary/aromatic N) is 1. The third kappa shape index (κ3) is 5.25. The molecular weight excluding hydrogens is 380 g/mol. The fraction of sp³-hybridized carbons (Fsp3) is 0.458. The molecule has 1 aliphatic rings. The summed E-state index contributed by atoms with van der Waals surface area (Å²) in [6, 6.07) is 14.1. The molecule has 1 amide bonds. The van der Waals surface area contributed by atoms with Gasteiger partial charge in [0.25, 0.3) is 0 Å². The van der Waals surface area contributed by atoms with Gasteiger partial charge in [-0.25, -0.2) is 0 Å². The number of ether oxygens (including phenoxy) is 3. The Morgan fingerprint density at radius 3 is 2.17 bits per heavy atom. The Hall–Kier alpha value is -2.73. The van der Waals surface area contributed by atoms with E-state index in [1.54, 1.807) is 21.3 Å². The SMILES string of the molecule is COc1cc(CN2CCC(C(=O)NC(C)c3ccccc3)CC2)cc(OC)c1OC. The van der Waals surface area contributed by atoms with Crippen LogP contribution in [0.4, 0.5) is 0 Å². The van der Waals surface area contributed by atoms with Crippen LogP contribution in [-0.2, 0) is 11.3 Å². The number of carbonyl (C=O) groups is 1. The molecule has 1 fully saturated rings. The first-order valence-electron chi connectivity index (χ1n) is 10.4. The van der Waals surface area contributed by atoms with Crippen molar-refractivity contribution in [3.05, 3.63) is 53.6 Å². The fourth-order valence-electron chi connectivity index (χ4n) is 3.99. The van der Waals surface area contributed by atoms with Crippen molar-refractivity contribution < 1.29 is 19.0 Å². The molecule has 1 N–H and O–H groups in total. The Bertz CT molecular complexity index is 807. The number of hydrogen-bond donors (Lipinski definition) is 1. The molecule has 0 spiro atoms. The number of likely N-dealkylation sites (tertiary alicyclic amines) is 1. The van der Waals surface area contributed by atoms with Crippen molar-refractivity contribution in [1.29, 1.82) is 0 Å². The number of methoxy groups -OCH3 is 3. The van der Waals surface area contributed by atoms with Crippen LogP contribution in [0.25, 0.3) is 0 Å². The van der Waals surface area contributed by atoms with Gasteiger partial charge in [0, 0.05) is 12.5 Å². The first-order chi connectivity index (χ1) is 14.5. The van der Waals surface area contributed by atoms with E-state index in [-0.39, 0.29) is 17.9 Å². The smallest absolute Gasteiger partial charge is 0.223 e. The minimum Gasteiger partial charge on any atom is -0.493 e. The van der Waals surface area contributed by atoms with Crippen molar-refractivity contribution in [2.45, 2.75) is 32.4 Å². The highest BCUT2D eigenvalue weighted by atomic mass is 16.5. The van der Waals surface area contributed by atoms with E-state index in [0.29, 0.717) is 17.2 Å². The standard InChI is InChI=1S/C24H32N2O4/c1-17(19-8-6-5-7-9-19)25-24(27)20-10-12-26(13-11-20)16-18-14-21(28-2)23(30-4)22(15-18)29-3/h5-9,14-15,17,20H,10-13,16H2,1-4H3,(H,25,27). The van der Waals surface area contributed by atoms with Gasteiger partial charge in [0.2, 0.25) is 11.7 Å². The molecule has 2 aromatic carbocycles. The summed E-state index contributed by atoms with van der Waals surface area (Å²) in [5.74, 6) is 2.14. The molecule has 6 heteroatoms. The number of hydrogen-bond acceptors (Lipinski definition) is 5. The largest absolute Gasteiger partial charge is 0.493 e. The van der Waals surface area contributed by atoms with Gasteiger partial charge < -0.3 is 19.5 Å². The van der Waals surface area contributed by atoms with Crippen molar-refractivity contribution in [1.82, 2.24) is 10.2 Å². The monoisotopic (exact) mass is 412 g/mol. The van der Waals surface area contributed by atoms with Gasteiger partial charge in [-0.3, -0.25) is 9.69 Å². The average Bonchev–Trinajstić information content (AvgIpc) is 2.79. The molecular formula is C24H32N2O4. The quantitative estimate of drug-likeness (QED) is 0.715. The number of rotatable bonds is 8. The summed E-state index contributed by atoms with van der Waals surface area (Å²) >= 11 is 0. The first kappa shape index (κ1) is 22.0. The number of carbonyl (C=O) groups excluding carboxylic acids is 1. The second-order valence-corrected chi connectivity index (χ2v) is 7.72. The lowest BCUT2D eigenvalue weighted by molar-refractivity contribution is -0.127. The van der Waals surface area contributed by atoms with Crippen molar-refractivity contribution in [2.75, 3.05) is 34.4 Å². The zero-order valence-electron chi connectivity index (χ0n) is 18.3. The van der Waals surface area contributed by atoms with Crippen LogP contribution in [0.2, 0.25) is 0 Å². The van der Waals surface area contributed by atoms with Crippen molar-refractivity contribution in [3.8, 4) is 17.2 Å². The maximum Gasteiger partial charge on any atom is 0.223 e. The second-order valence-electron chi connectivity index (χ2n) is 7.72. The van der Waals surface area contributed by atoms with E-state index >= 15 is 0 Å². The molecule has 1 atom stereocenters. The first-order valence-corrected chi connectivity index (χ1v) is 10.4. The summed E-state index contributed by atoms with van der Waals surface area (Å²) in [6.45, 7) is 4.58. The van der Waals surface area contributed by atoms with E-state index in [2.05, 4.69) is 10.2 Å². The third-order valence-corrected chi connectivity index (χ3v) is 5.75. The maximum atomic E-state index is 12.7. The number of piperidine rings is 1. The fourth-order valence-corrected chi connectivity index (χ4v) is 3.99. The average molecular weight is 413 g/mol. The van der Waals surface area contributed by atoms with Gasteiger partial charge in [-0.2, -0.15) is 0 Å². The molecule has 6 nitrogen and oxygen atoms in total. The van der Waals surface area contributed by atoms with Gasteiger partial charge in [0.05, 0.1) is 27.4 Å². The van der Waals surface area contributed by atoms with Crippen LogP contribution in [-0.4, -0.2) is 45.2 Å². The van der Waals surface area contributed by atoms with Crippen LogP contribution in [0.1, 0.15) is 36.9 Å². The van der Waals surface area contributed by atoms with Gasteiger partial charge in [-0.15, -0.1) is 0 Å². The summed E-state index contributed by atoms with van der Waals surface area (Å²) in [5, 5.41) is 3.17. The van der Waals surface area contributed by atoms with Gasteiger partial charge in [0.15, 0.2) is 11.5 Å². The molecule has 0 aromatic heterocycles. The molecule has 1 unspecified atom stereocenters. The lowest BCUT2D eigenvalue weighted by atomic mass is 9.94. The van der Waals surface area contributed by atoms with Gasteiger partial charge >= 0.3 is 0 Å². The Kier molecular flexibility index (Phi) is 7.57. The molecule has 2 aromatic rings. The molecule has 0 radical (unpaired) electrons. The minimum absolute atomic E-state index is 0.0240. The van der Waals surface area contributed by atoms with Crippen LogP contribution in [0.5, 0.6) is 17.2 Å². The summed E-state index contributed by atoms with van der Waals surface area (Å²) in [6.07, 6.45) is 1.72. The molecule has 1 heterocycles. The Morgan fingerprint density at radius 2 is 1.63 bits per heavy atom. The predicted molar refractivity (Wildman–Crippen MR) is 117 cm³/mol. The molecule has 0 saturated carbocycles. The zero-order valence-corrected chi connectivity index (χ0v) is 18.3. The Balaban J connectivity index is 1.55. The van der Waals surface area contributed by atoms with Gasteiger partial charge in [0.1, 0.15) is 0 Å². The molecule has 0 bridgehead atoms. The minimum atomic E-state index is 0.0240. The lowest BCUT2D eigenvalue weighted by Gasteiger charge is -2.32. The molecule has 3 rings (SSSR count). The molecule has 30 heavy (non-hydrogen) atoms. The van der Waals surface area contributed by atoms with Gasteiger partial charge in [-0.1, -0.05) is 30.3 Å². The van der Waals surface area contributed by atoms with E-state index in [4.69, 9.17) is 14.2 Å².